The van der Waals surface area contributed by atoms with Gasteiger partial charge in [-0.05, 0) is 59.9 Å². The average molecular weight is 312 g/mol. The van der Waals surface area contributed by atoms with Crippen LogP contribution in [-0.4, -0.2) is 16.5 Å². The van der Waals surface area contributed by atoms with Crippen LogP contribution in [0.15, 0.2) is 9.27 Å². The second-order valence-corrected chi connectivity index (χ2v) is 6.42. The van der Waals surface area contributed by atoms with Gasteiger partial charge in [-0.15, -0.1) is 0 Å². The number of halogens is 1. The summed E-state index contributed by atoms with van der Waals surface area (Å²) < 4.78 is 0.521. The van der Waals surface area contributed by atoms with Crippen LogP contribution in [0.3, 0.4) is 0 Å². The fourth-order valence-corrected chi connectivity index (χ4v) is 3.70. The van der Waals surface area contributed by atoms with Crippen LogP contribution < -0.4 is 10.9 Å². The number of nitrogens with zero attached hydrogens (tertiary/aromatic N) is 1. The lowest BCUT2D eigenvalue weighted by Crippen LogP contribution is -2.23. The number of nitrogens with one attached hydrogen (secondary N) is 2. The molecule has 0 aliphatic heterocycles. The van der Waals surface area contributed by atoms with E-state index in [1.807, 2.05) is 6.92 Å². The van der Waals surface area contributed by atoms with Crippen molar-refractivity contribution in [2.75, 3.05) is 11.9 Å². The van der Waals surface area contributed by atoms with Crippen LogP contribution in [0.5, 0.6) is 0 Å². The smallest absolute Gasteiger partial charge is 0.266 e. The van der Waals surface area contributed by atoms with Crippen LogP contribution >= 0.6 is 15.9 Å². The Morgan fingerprint density at radius 1 is 1.44 bits per heavy atom. The van der Waals surface area contributed by atoms with Crippen molar-refractivity contribution in [1.82, 2.24) is 9.97 Å². The number of hydrogen-bond donors (Lipinski definition) is 2. The second-order valence-electron chi connectivity index (χ2n) is 5.63. The molecule has 1 aromatic heterocycles. The van der Waals surface area contributed by atoms with Gasteiger partial charge < -0.3 is 5.32 Å². The number of aromatic amines is 1. The van der Waals surface area contributed by atoms with Crippen molar-refractivity contribution < 1.29 is 0 Å². The Labute approximate surface area is 115 Å². The highest BCUT2D eigenvalue weighted by Crippen LogP contribution is 2.48. The maximum atomic E-state index is 11.6. The lowest BCUT2D eigenvalue weighted by Gasteiger charge is -2.21. The lowest BCUT2D eigenvalue weighted by molar-refractivity contribution is 0.348. The van der Waals surface area contributed by atoms with E-state index in [2.05, 4.69) is 31.2 Å². The van der Waals surface area contributed by atoms with Gasteiger partial charge in [0.1, 0.15) is 4.47 Å². The van der Waals surface area contributed by atoms with Crippen LogP contribution in [0.4, 0.5) is 5.95 Å². The molecule has 1 aromatic rings. The van der Waals surface area contributed by atoms with Gasteiger partial charge in [0.05, 0.1) is 5.69 Å². The van der Waals surface area contributed by atoms with Gasteiger partial charge in [-0.1, -0.05) is 6.42 Å². The van der Waals surface area contributed by atoms with E-state index in [1.165, 1.54) is 25.7 Å². The third-order valence-corrected chi connectivity index (χ3v) is 5.38. The van der Waals surface area contributed by atoms with Gasteiger partial charge in [0.2, 0.25) is 5.95 Å². The minimum Gasteiger partial charge on any atom is -0.355 e. The summed E-state index contributed by atoms with van der Waals surface area (Å²) in [6.45, 7) is 2.77. The van der Waals surface area contributed by atoms with E-state index in [4.69, 9.17) is 0 Å². The van der Waals surface area contributed by atoms with Crippen molar-refractivity contribution in [3.05, 3.63) is 20.5 Å². The van der Waals surface area contributed by atoms with E-state index >= 15 is 0 Å². The summed E-state index contributed by atoms with van der Waals surface area (Å²) in [7, 11) is 0. The Hall–Kier alpha value is -0.840. The van der Waals surface area contributed by atoms with E-state index in [9.17, 15) is 4.79 Å². The zero-order valence-corrected chi connectivity index (χ0v) is 12.1. The monoisotopic (exact) mass is 311 g/mol. The van der Waals surface area contributed by atoms with E-state index in [-0.39, 0.29) is 5.56 Å². The van der Waals surface area contributed by atoms with Gasteiger partial charge in [-0.2, -0.15) is 0 Å². The van der Waals surface area contributed by atoms with Crippen LogP contribution in [-0.2, 0) is 0 Å². The first kappa shape index (κ1) is 12.2. The molecule has 2 aliphatic carbocycles. The van der Waals surface area contributed by atoms with E-state index in [0.717, 1.165) is 30.0 Å². The summed E-state index contributed by atoms with van der Waals surface area (Å²) in [5, 5.41) is 3.29. The van der Waals surface area contributed by atoms with Crippen LogP contribution in [0.25, 0.3) is 0 Å². The maximum Gasteiger partial charge on any atom is 0.266 e. The predicted octanol–water partition coefficient (Wildman–Crippen LogP) is 2.69. The topological polar surface area (TPSA) is 57.8 Å². The summed E-state index contributed by atoms with van der Waals surface area (Å²) in [5.41, 5.74) is 0.618. The zero-order valence-electron chi connectivity index (χ0n) is 10.5. The molecule has 2 aliphatic rings. The molecule has 3 rings (SSSR count). The number of H-pyrrole nitrogens is 1. The van der Waals surface area contributed by atoms with Crippen molar-refractivity contribution in [2.24, 2.45) is 17.8 Å². The molecule has 3 atom stereocenters. The molecule has 98 valence electrons. The minimum atomic E-state index is -0.113. The van der Waals surface area contributed by atoms with E-state index in [0.29, 0.717) is 10.4 Å². The van der Waals surface area contributed by atoms with Crippen molar-refractivity contribution in [2.45, 2.75) is 32.6 Å². The van der Waals surface area contributed by atoms with E-state index in [1.54, 1.807) is 0 Å². The number of hydrogen-bond acceptors (Lipinski definition) is 3. The molecule has 2 N–H and O–H groups in total. The van der Waals surface area contributed by atoms with E-state index < -0.39 is 0 Å². The largest absolute Gasteiger partial charge is 0.355 e. The maximum absolute atomic E-state index is 11.6. The zero-order chi connectivity index (χ0) is 12.7. The van der Waals surface area contributed by atoms with Crippen LogP contribution in [0.2, 0.25) is 0 Å². The summed E-state index contributed by atoms with van der Waals surface area (Å²) in [6, 6.07) is 0. The lowest BCUT2D eigenvalue weighted by atomic mass is 9.89. The molecule has 0 spiro atoms. The molecule has 1 heterocycles. The first-order chi connectivity index (χ1) is 8.63. The number of aryl methyl sites for hydroxylation is 1. The molecule has 0 aromatic carbocycles. The minimum absolute atomic E-state index is 0.113. The van der Waals surface area contributed by atoms with Crippen molar-refractivity contribution in [3.8, 4) is 0 Å². The Kier molecular flexibility index (Phi) is 3.18. The predicted molar refractivity (Wildman–Crippen MR) is 74.7 cm³/mol. The number of fused-ring (bicyclic) bond motifs is 2. The van der Waals surface area contributed by atoms with Gasteiger partial charge in [0.15, 0.2) is 0 Å². The standard InChI is InChI=1S/C13H18BrN3O/c1-7-11(14)12(18)17-13(16-7)15-6-10-5-8-2-3-9(10)4-8/h8-10H,2-6H2,1H3,(H2,15,16,17,18)/t8-,9-,10-/m1/s1. The molecule has 0 unspecified atom stereocenters. The van der Waals surface area contributed by atoms with Crippen molar-refractivity contribution >= 4 is 21.9 Å². The third kappa shape index (κ3) is 2.20. The molecular weight excluding hydrogens is 294 g/mol. The molecule has 5 heteroatoms. The summed E-state index contributed by atoms with van der Waals surface area (Å²) in [4.78, 5) is 18.7. The molecule has 0 amide bonds. The highest BCUT2D eigenvalue weighted by atomic mass is 79.9. The SMILES string of the molecule is Cc1nc(NC[C@H]2C[C@@H]3CC[C@@H]2C3)[nH]c(=O)c1Br. The molecule has 2 saturated carbocycles. The number of rotatable bonds is 3. The van der Waals surface area contributed by atoms with Gasteiger partial charge in [0, 0.05) is 6.54 Å². The Balaban J connectivity index is 1.65. The molecule has 4 nitrogen and oxygen atoms in total. The quantitative estimate of drug-likeness (QED) is 0.902. The second kappa shape index (κ2) is 4.68. The van der Waals surface area contributed by atoms with Crippen molar-refractivity contribution in [1.29, 1.82) is 0 Å². The Bertz CT molecular complexity index is 513. The first-order valence-electron chi connectivity index (χ1n) is 6.63. The Morgan fingerprint density at radius 3 is 2.89 bits per heavy atom. The normalized spacial score (nSPS) is 29.8. The molecule has 2 fully saturated rings. The fourth-order valence-electron chi connectivity index (χ4n) is 3.51. The van der Waals surface area contributed by atoms with Crippen molar-refractivity contribution in [3.63, 3.8) is 0 Å². The summed E-state index contributed by atoms with van der Waals surface area (Å²) in [5.74, 6) is 3.22. The van der Waals surface area contributed by atoms with Crippen LogP contribution in [0, 0.1) is 24.7 Å². The highest BCUT2D eigenvalue weighted by molar-refractivity contribution is 9.10. The van der Waals surface area contributed by atoms with Crippen LogP contribution in [0.1, 0.15) is 31.4 Å². The Morgan fingerprint density at radius 2 is 2.28 bits per heavy atom. The highest BCUT2D eigenvalue weighted by Gasteiger charge is 2.39. The summed E-state index contributed by atoms with van der Waals surface area (Å²) in [6.07, 6.45) is 5.57. The van der Waals surface area contributed by atoms with Gasteiger partial charge >= 0.3 is 0 Å². The molecular formula is C13H18BrN3O. The average Bonchev–Trinajstić information content (AvgIpc) is 2.95. The van der Waals surface area contributed by atoms with Gasteiger partial charge in [-0.3, -0.25) is 9.78 Å². The first-order valence-corrected chi connectivity index (χ1v) is 7.43. The molecule has 18 heavy (non-hydrogen) atoms. The fraction of sp³-hybridized carbons (Fsp3) is 0.692. The number of anilines is 1. The third-order valence-electron chi connectivity index (χ3n) is 4.44. The molecule has 0 saturated heterocycles. The molecule has 0 radical (unpaired) electrons. The number of aromatic nitrogens is 2. The molecule has 2 bridgehead atoms. The van der Waals surface area contributed by atoms with Gasteiger partial charge in [-0.25, -0.2) is 4.98 Å². The summed E-state index contributed by atoms with van der Waals surface area (Å²) >= 11 is 3.22. The van der Waals surface area contributed by atoms with Gasteiger partial charge in [0.25, 0.3) is 5.56 Å².